The van der Waals surface area contributed by atoms with Crippen molar-refractivity contribution in [2.75, 3.05) is 32.7 Å². The number of benzene rings is 1. The highest BCUT2D eigenvalue weighted by molar-refractivity contribution is 5.78. The van der Waals surface area contributed by atoms with Crippen molar-refractivity contribution in [1.29, 1.82) is 0 Å². The molecule has 0 spiro atoms. The third kappa shape index (κ3) is 5.39. The summed E-state index contributed by atoms with van der Waals surface area (Å²) in [5, 5.41) is 3.17. The van der Waals surface area contributed by atoms with E-state index in [4.69, 9.17) is 4.74 Å². The van der Waals surface area contributed by atoms with Crippen molar-refractivity contribution in [2.24, 2.45) is 0 Å². The monoisotopic (exact) mass is 399 g/mol. The van der Waals surface area contributed by atoms with Crippen LogP contribution in [0.3, 0.4) is 0 Å². The zero-order valence-corrected chi connectivity index (χ0v) is 18.1. The van der Waals surface area contributed by atoms with Crippen LogP contribution in [0.5, 0.6) is 0 Å². The molecule has 29 heavy (non-hydrogen) atoms. The summed E-state index contributed by atoms with van der Waals surface area (Å²) in [5.74, 6) is 0.857. The fourth-order valence-corrected chi connectivity index (χ4v) is 5.75. The molecule has 0 radical (unpaired) electrons. The Bertz CT molecular complexity index is 643. The van der Waals surface area contributed by atoms with Gasteiger partial charge in [0, 0.05) is 38.3 Å². The second-order valence-electron chi connectivity index (χ2n) is 9.36. The van der Waals surface area contributed by atoms with Crippen LogP contribution < -0.4 is 5.32 Å². The van der Waals surface area contributed by atoms with Crippen LogP contribution in [0.15, 0.2) is 30.3 Å². The van der Waals surface area contributed by atoms with Crippen LogP contribution in [0.2, 0.25) is 0 Å². The minimum absolute atomic E-state index is 0.198. The zero-order valence-electron chi connectivity index (χ0n) is 18.1. The molecule has 1 aromatic rings. The lowest BCUT2D eigenvalue weighted by Gasteiger charge is -2.38. The standard InChI is InChI=1S/C24H37N3O2/c1-18-15-26(16-19(2)29-18)12-6-11-25-24(28)17-27-22-9-10-23(27)14-21(13-22)20-7-4-3-5-8-20/h3-5,7-8,18-19,21-23H,6,9-17H2,1-2H3,(H,25,28)/t18?,19?,21?,22-,23+. The van der Waals surface area contributed by atoms with E-state index in [1.165, 1.54) is 31.2 Å². The van der Waals surface area contributed by atoms with Gasteiger partial charge in [-0.25, -0.2) is 0 Å². The summed E-state index contributed by atoms with van der Waals surface area (Å²) < 4.78 is 5.79. The largest absolute Gasteiger partial charge is 0.373 e. The first-order valence-electron chi connectivity index (χ1n) is 11.5. The average Bonchev–Trinajstić information content (AvgIpc) is 2.93. The first-order chi connectivity index (χ1) is 14.1. The van der Waals surface area contributed by atoms with E-state index in [-0.39, 0.29) is 5.91 Å². The van der Waals surface area contributed by atoms with Gasteiger partial charge in [-0.2, -0.15) is 0 Å². The Morgan fingerprint density at radius 1 is 1.07 bits per heavy atom. The molecule has 3 aliphatic heterocycles. The number of ether oxygens (including phenoxy) is 1. The quantitative estimate of drug-likeness (QED) is 0.716. The molecule has 1 N–H and O–H groups in total. The lowest BCUT2D eigenvalue weighted by atomic mass is 9.85. The van der Waals surface area contributed by atoms with E-state index in [1.807, 2.05) is 0 Å². The maximum atomic E-state index is 12.6. The molecule has 2 bridgehead atoms. The van der Waals surface area contributed by atoms with Crippen molar-refractivity contribution in [2.45, 2.75) is 76.2 Å². The van der Waals surface area contributed by atoms with Crippen molar-refractivity contribution in [3.8, 4) is 0 Å². The summed E-state index contributed by atoms with van der Waals surface area (Å²) in [7, 11) is 0. The van der Waals surface area contributed by atoms with Gasteiger partial charge in [0.15, 0.2) is 0 Å². The number of carbonyl (C=O) groups excluding carboxylic acids is 1. The van der Waals surface area contributed by atoms with Crippen molar-refractivity contribution in [3.05, 3.63) is 35.9 Å². The van der Waals surface area contributed by atoms with Gasteiger partial charge in [-0.05, 0) is 57.4 Å². The third-order valence-corrected chi connectivity index (χ3v) is 6.95. The highest BCUT2D eigenvalue weighted by atomic mass is 16.5. The molecule has 0 aromatic heterocycles. The molecule has 5 heteroatoms. The van der Waals surface area contributed by atoms with E-state index in [9.17, 15) is 4.79 Å². The molecule has 4 rings (SSSR count). The zero-order chi connectivity index (χ0) is 20.2. The van der Waals surface area contributed by atoms with Gasteiger partial charge in [0.1, 0.15) is 0 Å². The van der Waals surface area contributed by atoms with Crippen LogP contribution in [0.25, 0.3) is 0 Å². The van der Waals surface area contributed by atoms with Crippen molar-refractivity contribution in [3.63, 3.8) is 0 Å². The van der Waals surface area contributed by atoms with Gasteiger partial charge >= 0.3 is 0 Å². The van der Waals surface area contributed by atoms with Gasteiger partial charge in [-0.15, -0.1) is 0 Å². The summed E-state index contributed by atoms with van der Waals surface area (Å²) in [6.07, 6.45) is 6.50. The first kappa shape index (κ1) is 20.8. The highest BCUT2D eigenvalue weighted by Crippen LogP contribution is 2.42. The molecule has 3 fully saturated rings. The van der Waals surface area contributed by atoms with Crippen LogP contribution in [-0.4, -0.2) is 72.7 Å². The van der Waals surface area contributed by atoms with Crippen molar-refractivity contribution >= 4 is 5.91 Å². The Balaban J connectivity index is 1.18. The molecule has 3 heterocycles. The predicted molar refractivity (Wildman–Crippen MR) is 116 cm³/mol. The number of hydrogen-bond donors (Lipinski definition) is 1. The Kier molecular flexibility index (Phi) is 6.88. The molecule has 1 amide bonds. The van der Waals surface area contributed by atoms with Crippen LogP contribution >= 0.6 is 0 Å². The molecule has 160 valence electrons. The van der Waals surface area contributed by atoms with Gasteiger partial charge in [0.25, 0.3) is 0 Å². The van der Waals surface area contributed by atoms with E-state index >= 15 is 0 Å². The molecule has 3 aliphatic rings. The molecule has 3 unspecified atom stereocenters. The number of amides is 1. The number of nitrogens with zero attached hydrogens (tertiary/aromatic N) is 2. The Hall–Kier alpha value is -1.43. The van der Waals surface area contributed by atoms with E-state index in [1.54, 1.807) is 0 Å². The summed E-state index contributed by atoms with van der Waals surface area (Å²) in [6, 6.07) is 12.1. The number of morpholine rings is 1. The molecule has 1 aromatic carbocycles. The average molecular weight is 400 g/mol. The Morgan fingerprint density at radius 2 is 1.72 bits per heavy atom. The molecular formula is C24H37N3O2. The molecule has 3 saturated heterocycles. The molecular weight excluding hydrogens is 362 g/mol. The number of hydrogen-bond acceptors (Lipinski definition) is 4. The van der Waals surface area contributed by atoms with Crippen LogP contribution in [0.1, 0.15) is 57.4 Å². The smallest absolute Gasteiger partial charge is 0.234 e. The first-order valence-corrected chi connectivity index (χ1v) is 11.5. The van der Waals surface area contributed by atoms with Gasteiger partial charge in [0.2, 0.25) is 5.91 Å². The summed E-state index contributed by atoms with van der Waals surface area (Å²) in [6.45, 7) is 8.65. The van der Waals surface area contributed by atoms with Gasteiger partial charge in [-0.1, -0.05) is 30.3 Å². The van der Waals surface area contributed by atoms with E-state index < -0.39 is 0 Å². The number of nitrogens with one attached hydrogen (secondary N) is 1. The van der Waals surface area contributed by atoms with Gasteiger partial charge in [0.05, 0.1) is 18.8 Å². The van der Waals surface area contributed by atoms with Crippen LogP contribution in [0, 0.1) is 0 Å². The number of rotatable bonds is 7. The minimum Gasteiger partial charge on any atom is -0.373 e. The molecule has 5 nitrogen and oxygen atoms in total. The third-order valence-electron chi connectivity index (χ3n) is 6.95. The second-order valence-corrected chi connectivity index (χ2v) is 9.36. The van der Waals surface area contributed by atoms with E-state index in [0.29, 0.717) is 36.8 Å². The van der Waals surface area contributed by atoms with E-state index in [2.05, 4.69) is 59.3 Å². The topological polar surface area (TPSA) is 44.8 Å². The molecule has 5 atom stereocenters. The minimum atomic E-state index is 0.198. The maximum Gasteiger partial charge on any atom is 0.234 e. The van der Waals surface area contributed by atoms with Gasteiger partial charge in [-0.3, -0.25) is 14.6 Å². The molecule has 0 aliphatic carbocycles. The lowest BCUT2D eigenvalue weighted by molar-refractivity contribution is -0.123. The maximum absolute atomic E-state index is 12.6. The molecule has 0 saturated carbocycles. The van der Waals surface area contributed by atoms with Gasteiger partial charge < -0.3 is 10.1 Å². The normalized spacial score (nSPS) is 33.0. The summed E-state index contributed by atoms with van der Waals surface area (Å²) in [5.41, 5.74) is 1.47. The fraction of sp³-hybridized carbons (Fsp3) is 0.708. The number of fused-ring (bicyclic) bond motifs is 2. The van der Waals surface area contributed by atoms with Crippen molar-refractivity contribution < 1.29 is 9.53 Å². The lowest BCUT2D eigenvalue weighted by Crippen LogP contribution is -2.48. The van der Waals surface area contributed by atoms with Crippen LogP contribution in [0.4, 0.5) is 0 Å². The highest BCUT2D eigenvalue weighted by Gasteiger charge is 2.41. The predicted octanol–water partition coefficient (Wildman–Crippen LogP) is 3.01. The van der Waals surface area contributed by atoms with Crippen molar-refractivity contribution in [1.82, 2.24) is 15.1 Å². The summed E-state index contributed by atoms with van der Waals surface area (Å²) in [4.78, 5) is 17.5. The Morgan fingerprint density at radius 3 is 2.38 bits per heavy atom. The fourth-order valence-electron chi connectivity index (χ4n) is 5.75. The Labute approximate surface area is 175 Å². The second kappa shape index (κ2) is 9.59. The van der Waals surface area contributed by atoms with Crippen LogP contribution in [-0.2, 0) is 9.53 Å². The summed E-state index contributed by atoms with van der Waals surface area (Å²) >= 11 is 0. The number of piperidine rings is 1. The van der Waals surface area contributed by atoms with E-state index in [0.717, 1.165) is 32.6 Å². The SMILES string of the molecule is CC1CN(CCCNC(=O)CN2[C@@H]3CC[C@H]2CC(c2ccccc2)C3)CC(C)O1. The number of carbonyl (C=O) groups is 1.